The quantitative estimate of drug-likeness (QED) is 0.180. The molecular formula is C18H15BrF4N6O6. The average Bonchev–Trinajstić information content (AvgIpc) is 2.75. The minimum atomic E-state index is -4.82. The SMILES string of the molecule is NC(=O)c1ccc(NCC(F)(F)C(F)(F)CNc2c(Br)cc(C(N)=O)cc2[N+](=O)[O-])c([N+](=O)[O-])c1. The highest BCUT2D eigenvalue weighted by atomic mass is 79.9. The Morgan fingerprint density at radius 2 is 1.34 bits per heavy atom. The standard InChI is InChI=1S/C18H15BrF4N6O6/c19-10-3-9(16(25)31)5-13(29(34)35)14(10)27-7-18(22,23)17(20,21)6-26-11-2-1-8(15(24)30)4-12(11)28(32)33/h1-5,26-27H,6-7H2,(H2,24,30)(H2,25,31). The summed E-state index contributed by atoms with van der Waals surface area (Å²) in [5, 5.41) is 26.1. The number of carbonyl (C=O) groups is 2. The van der Waals surface area contributed by atoms with Crippen LogP contribution < -0.4 is 22.1 Å². The molecule has 2 aromatic rings. The number of nitro groups is 2. The first-order valence-electron chi connectivity index (χ1n) is 9.16. The predicted molar refractivity (Wildman–Crippen MR) is 118 cm³/mol. The number of benzene rings is 2. The molecule has 6 N–H and O–H groups in total. The Morgan fingerprint density at radius 1 is 0.857 bits per heavy atom. The first-order chi connectivity index (χ1) is 16.1. The van der Waals surface area contributed by atoms with Crippen molar-refractivity contribution in [3.05, 3.63) is 66.2 Å². The number of alkyl halides is 4. The number of hydrogen-bond donors (Lipinski definition) is 4. The van der Waals surface area contributed by atoms with Gasteiger partial charge in [-0.15, -0.1) is 0 Å². The molecule has 0 atom stereocenters. The zero-order valence-corrected chi connectivity index (χ0v) is 18.8. The lowest BCUT2D eigenvalue weighted by Gasteiger charge is -2.27. The topological polar surface area (TPSA) is 197 Å². The van der Waals surface area contributed by atoms with Crippen LogP contribution in [-0.2, 0) is 0 Å². The van der Waals surface area contributed by atoms with E-state index >= 15 is 0 Å². The number of anilines is 2. The third-order valence-corrected chi connectivity index (χ3v) is 5.18. The van der Waals surface area contributed by atoms with Gasteiger partial charge in [0.25, 0.3) is 11.4 Å². The molecule has 0 aliphatic heterocycles. The number of nitrogens with two attached hydrogens (primary N) is 2. The lowest BCUT2D eigenvalue weighted by molar-refractivity contribution is -0.384. The van der Waals surface area contributed by atoms with E-state index in [1.165, 1.54) is 0 Å². The molecular weight excluding hydrogens is 552 g/mol. The molecule has 0 saturated heterocycles. The molecule has 2 aromatic carbocycles. The van der Waals surface area contributed by atoms with Crippen molar-refractivity contribution in [2.45, 2.75) is 11.8 Å². The summed E-state index contributed by atoms with van der Waals surface area (Å²) in [6.45, 7) is -3.57. The van der Waals surface area contributed by atoms with Crippen LogP contribution in [0.15, 0.2) is 34.8 Å². The largest absolute Gasteiger partial charge is 0.373 e. The zero-order valence-electron chi connectivity index (χ0n) is 17.2. The van der Waals surface area contributed by atoms with Crippen molar-refractivity contribution in [1.29, 1.82) is 0 Å². The molecule has 0 heterocycles. The van der Waals surface area contributed by atoms with Gasteiger partial charge >= 0.3 is 11.8 Å². The monoisotopic (exact) mass is 566 g/mol. The Morgan fingerprint density at radius 3 is 1.83 bits per heavy atom. The van der Waals surface area contributed by atoms with Crippen molar-refractivity contribution < 1.29 is 37.0 Å². The van der Waals surface area contributed by atoms with Crippen LogP contribution in [0.3, 0.4) is 0 Å². The maximum atomic E-state index is 14.4. The number of halogens is 5. The number of amides is 2. The minimum absolute atomic E-state index is 0.261. The van der Waals surface area contributed by atoms with Crippen molar-refractivity contribution in [3.63, 3.8) is 0 Å². The van der Waals surface area contributed by atoms with Crippen LogP contribution in [0.4, 0.5) is 40.3 Å². The fraction of sp³-hybridized carbons (Fsp3) is 0.222. The van der Waals surface area contributed by atoms with Crippen LogP contribution in [-0.4, -0.2) is 46.6 Å². The van der Waals surface area contributed by atoms with Crippen molar-refractivity contribution in [1.82, 2.24) is 0 Å². The van der Waals surface area contributed by atoms with Gasteiger partial charge in [-0.2, -0.15) is 17.6 Å². The van der Waals surface area contributed by atoms with E-state index in [1.54, 1.807) is 0 Å². The number of nitro benzene ring substituents is 2. The summed E-state index contributed by atoms with van der Waals surface area (Å²) in [6.07, 6.45) is 0. The van der Waals surface area contributed by atoms with Crippen LogP contribution in [0.25, 0.3) is 0 Å². The summed E-state index contributed by atoms with van der Waals surface area (Å²) in [5.74, 6) is -11.7. The first kappa shape index (κ1) is 27.2. The number of nitrogens with zero attached hydrogens (tertiary/aromatic N) is 2. The molecule has 0 aliphatic carbocycles. The minimum Gasteiger partial charge on any atom is -0.373 e. The Kier molecular flexibility index (Phi) is 7.84. The Bertz CT molecular complexity index is 1210. The van der Waals surface area contributed by atoms with Crippen LogP contribution >= 0.6 is 15.9 Å². The normalized spacial score (nSPS) is 11.6. The van der Waals surface area contributed by atoms with Crippen molar-refractivity contribution in [3.8, 4) is 0 Å². The smallest absolute Gasteiger partial charge is 0.328 e. The third kappa shape index (κ3) is 6.11. The zero-order chi connectivity index (χ0) is 26.7. The van der Waals surface area contributed by atoms with Crippen LogP contribution in [0.2, 0.25) is 0 Å². The molecule has 0 aromatic heterocycles. The molecule has 0 saturated carbocycles. The van der Waals surface area contributed by atoms with Gasteiger partial charge in [0.05, 0.1) is 22.9 Å². The van der Waals surface area contributed by atoms with Gasteiger partial charge in [0.15, 0.2) is 0 Å². The maximum Gasteiger partial charge on any atom is 0.328 e. The predicted octanol–water partition coefficient (Wildman–Crippen LogP) is 3.26. The summed E-state index contributed by atoms with van der Waals surface area (Å²) in [6, 6.07) is 4.18. The van der Waals surface area contributed by atoms with Crippen LogP contribution in [0.5, 0.6) is 0 Å². The van der Waals surface area contributed by atoms with E-state index in [-0.39, 0.29) is 15.6 Å². The summed E-state index contributed by atoms with van der Waals surface area (Å²) in [5.41, 5.74) is 6.48. The number of hydrogen-bond acceptors (Lipinski definition) is 8. The van der Waals surface area contributed by atoms with Crippen LogP contribution in [0, 0.1) is 20.2 Å². The molecule has 35 heavy (non-hydrogen) atoms. The maximum absolute atomic E-state index is 14.4. The molecule has 0 fully saturated rings. The van der Waals surface area contributed by atoms with E-state index in [0.29, 0.717) is 12.1 Å². The Balaban J connectivity index is 2.24. The van der Waals surface area contributed by atoms with E-state index in [2.05, 4.69) is 15.9 Å². The second kappa shape index (κ2) is 10.1. The first-order valence-corrected chi connectivity index (χ1v) is 9.96. The summed E-state index contributed by atoms with van der Waals surface area (Å²) in [4.78, 5) is 42.7. The van der Waals surface area contributed by atoms with Gasteiger partial charge in [-0.05, 0) is 34.1 Å². The van der Waals surface area contributed by atoms with E-state index in [0.717, 1.165) is 18.2 Å². The van der Waals surface area contributed by atoms with Gasteiger partial charge in [0, 0.05) is 27.7 Å². The van der Waals surface area contributed by atoms with E-state index < -0.39 is 69.3 Å². The molecule has 17 heteroatoms. The molecule has 0 bridgehead atoms. The van der Waals surface area contributed by atoms with Crippen molar-refractivity contribution in [2.24, 2.45) is 11.5 Å². The van der Waals surface area contributed by atoms with Crippen molar-refractivity contribution >= 4 is 50.5 Å². The lowest BCUT2D eigenvalue weighted by atomic mass is 10.1. The fourth-order valence-electron chi connectivity index (χ4n) is 2.70. The van der Waals surface area contributed by atoms with Gasteiger partial charge in [0.1, 0.15) is 11.4 Å². The van der Waals surface area contributed by atoms with Gasteiger partial charge in [-0.25, -0.2) is 0 Å². The summed E-state index contributed by atoms with van der Waals surface area (Å²) in [7, 11) is 0. The van der Waals surface area contributed by atoms with E-state index in [9.17, 15) is 47.4 Å². The number of nitrogens with one attached hydrogen (secondary N) is 2. The fourth-order valence-corrected chi connectivity index (χ4v) is 3.29. The van der Waals surface area contributed by atoms with E-state index in [1.807, 2.05) is 10.6 Å². The molecule has 0 spiro atoms. The molecule has 188 valence electrons. The number of carbonyl (C=O) groups excluding carboxylic acids is 2. The van der Waals surface area contributed by atoms with Crippen LogP contribution in [0.1, 0.15) is 20.7 Å². The molecule has 2 amide bonds. The highest BCUT2D eigenvalue weighted by Gasteiger charge is 2.56. The second-order valence-electron chi connectivity index (χ2n) is 6.94. The molecule has 0 aliphatic rings. The lowest BCUT2D eigenvalue weighted by Crippen LogP contribution is -2.50. The molecule has 0 radical (unpaired) electrons. The highest BCUT2D eigenvalue weighted by molar-refractivity contribution is 9.10. The molecule has 2 rings (SSSR count). The van der Waals surface area contributed by atoms with Crippen molar-refractivity contribution in [2.75, 3.05) is 23.7 Å². The third-order valence-electron chi connectivity index (χ3n) is 4.55. The van der Waals surface area contributed by atoms with Gasteiger partial charge in [-0.1, -0.05) is 0 Å². The Hall–Kier alpha value is -4.02. The summed E-state index contributed by atoms with van der Waals surface area (Å²) < 4.78 is 57.2. The molecule has 0 unspecified atom stereocenters. The summed E-state index contributed by atoms with van der Waals surface area (Å²) >= 11 is 2.84. The second-order valence-corrected chi connectivity index (χ2v) is 7.80. The molecule has 12 nitrogen and oxygen atoms in total. The van der Waals surface area contributed by atoms with Gasteiger partial charge in [0.2, 0.25) is 11.8 Å². The number of rotatable bonds is 11. The highest BCUT2D eigenvalue weighted by Crippen LogP contribution is 2.39. The van der Waals surface area contributed by atoms with E-state index in [4.69, 9.17) is 11.5 Å². The van der Waals surface area contributed by atoms with Gasteiger partial charge < -0.3 is 22.1 Å². The van der Waals surface area contributed by atoms with Gasteiger partial charge in [-0.3, -0.25) is 29.8 Å². The Labute approximate surface area is 201 Å². The number of primary amides is 2. The average molecular weight is 567 g/mol.